The molecule has 1 aromatic carbocycles. The molecule has 2 amide bonds. The van der Waals surface area contributed by atoms with Crippen LogP contribution >= 0.6 is 11.3 Å². The first kappa shape index (κ1) is 20.4. The second-order valence-corrected chi connectivity index (χ2v) is 8.78. The molecule has 30 heavy (non-hydrogen) atoms. The van der Waals surface area contributed by atoms with Gasteiger partial charge in [0, 0.05) is 17.5 Å². The summed E-state index contributed by atoms with van der Waals surface area (Å²) in [4.78, 5) is 29.3. The van der Waals surface area contributed by atoms with Gasteiger partial charge < -0.3 is 14.6 Å². The number of thiophene rings is 1. The molecule has 3 aromatic rings. The molecule has 0 spiro atoms. The van der Waals surface area contributed by atoms with Crippen LogP contribution in [-0.2, 0) is 11.3 Å². The van der Waals surface area contributed by atoms with E-state index in [2.05, 4.69) is 5.32 Å². The molecule has 5 nitrogen and oxygen atoms in total. The molecule has 0 bridgehead atoms. The molecule has 0 aliphatic heterocycles. The summed E-state index contributed by atoms with van der Waals surface area (Å²) < 4.78 is 5.39. The lowest BCUT2D eigenvalue weighted by molar-refractivity contribution is -0.126. The van der Waals surface area contributed by atoms with Crippen molar-refractivity contribution < 1.29 is 14.0 Å². The van der Waals surface area contributed by atoms with Crippen LogP contribution in [0.2, 0.25) is 0 Å². The zero-order chi connectivity index (χ0) is 20.9. The standard InChI is InChI=1S/C24H26N2O3S/c1-17-10-12-18(13-11-17)16-26(24(28)20-8-4-14-29-20)22(21-9-5-15-30-21)23(27)25-19-6-2-3-7-19/h4-5,8-15,19,22H,2-3,6-7,16H2,1H3,(H,25,27). The lowest BCUT2D eigenvalue weighted by Crippen LogP contribution is -2.45. The van der Waals surface area contributed by atoms with Crippen LogP contribution in [-0.4, -0.2) is 22.8 Å². The summed E-state index contributed by atoms with van der Waals surface area (Å²) in [5.41, 5.74) is 2.12. The molecule has 1 saturated carbocycles. The summed E-state index contributed by atoms with van der Waals surface area (Å²) in [7, 11) is 0. The van der Waals surface area contributed by atoms with Crippen molar-refractivity contribution in [2.45, 2.75) is 51.2 Å². The maximum absolute atomic E-state index is 13.4. The minimum Gasteiger partial charge on any atom is -0.459 e. The van der Waals surface area contributed by atoms with Gasteiger partial charge in [-0.25, -0.2) is 0 Å². The highest BCUT2D eigenvalue weighted by Crippen LogP contribution is 2.30. The highest BCUT2D eigenvalue weighted by Gasteiger charge is 2.35. The smallest absolute Gasteiger partial charge is 0.290 e. The predicted octanol–water partition coefficient (Wildman–Crippen LogP) is 5.09. The number of amides is 2. The Hall–Kier alpha value is -2.86. The maximum Gasteiger partial charge on any atom is 0.290 e. The van der Waals surface area contributed by atoms with Crippen LogP contribution in [0.4, 0.5) is 0 Å². The first-order valence-corrected chi connectivity index (χ1v) is 11.2. The molecular formula is C24H26N2O3S. The quantitative estimate of drug-likeness (QED) is 0.577. The SMILES string of the molecule is Cc1ccc(CN(C(=O)c2ccco2)C(C(=O)NC2CCCC2)c2cccs2)cc1. The summed E-state index contributed by atoms with van der Waals surface area (Å²) in [6.45, 7) is 2.35. The van der Waals surface area contributed by atoms with Crippen molar-refractivity contribution in [1.29, 1.82) is 0 Å². The molecule has 2 aromatic heterocycles. The van der Waals surface area contributed by atoms with Gasteiger partial charge in [-0.05, 0) is 48.9 Å². The lowest BCUT2D eigenvalue weighted by Gasteiger charge is -2.31. The summed E-state index contributed by atoms with van der Waals surface area (Å²) in [6.07, 6.45) is 5.73. The molecule has 0 saturated heterocycles. The normalized spacial score (nSPS) is 15.1. The fourth-order valence-corrected chi connectivity index (χ4v) is 4.77. The molecule has 1 unspecified atom stereocenters. The molecule has 1 aliphatic rings. The van der Waals surface area contributed by atoms with Crippen molar-refractivity contribution in [3.8, 4) is 0 Å². The molecule has 156 valence electrons. The molecule has 2 heterocycles. The Kier molecular flexibility index (Phi) is 6.33. The first-order chi connectivity index (χ1) is 14.6. The van der Waals surface area contributed by atoms with E-state index in [0.717, 1.165) is 41.7 Å². The van der Waals surface area contributed by atoms with Crippen molar-refractivity contribution in [2.24, 2.45) is 0 Å². The second kappa shape index (κ2) is 9.30. The Morgan fingerprint density at radius 1 is 1.13 bits per heavy atom. The Morgan fingerprint density at radius 3 is 2.53 bits per heavy atom. The number of carbonyl (C=O) groups excluding carboxylic acids is 2. The Balaban J connectivity index is 1.68. The van der Waals surface area contributed by atoms with E-state index in [1.165, 1.54) is 17.6 Å². The number of rotatable bonds is 7. The number of benzene rings is 1. The van der Waals surface area contributed by atoms with E-state index in [4.69, 9.17) is 4.42 Å². The van der Waals surface area contributed by atoms with Gasteiger partial charge in [-0.3, -0.25) is 9.59 Å². The van der Waals surface area contributed by atoms with Gasteiger partial charge >= 0.3 is 0 Å². The molecule has 4 rings (SSSR count). The Morgan fingerprint density at radius 2 is 1.90 bits per heavy atom. The highest BCUT2D eigenvalue weighted by molar-refractivity contribution is 7.10. The second-order valence-electron chi connectivity index (χ2n) is 7.80. The number of carbonyl (C=O) groups is 2. The number of nitrogens with one attached hydrogen (secondary N) is 1. The minimum absolute atomic E-state index is 0.128. The summed E-state index contributed by atoms with van der Waals surface area (Å²) >= 11 is 1.49. The van der Waals surface area contributed by atoms with E-state index in [-0.39, 0.29) is 23.6 Å². The molecule has 0 radical (unpaired) electrons. The predicted molar refractivity (Wildman–Crippen MR) is 117 cm³/mol. The first-order valence-electron chi connectivity index (χ1n) is 10.4. The van der Waals surface area contributed by atoms with Gasteiger partial charge in [-0.15, -0.1) is 11.3 Å². The van der Waals surface area contributed by atoms with Gasteiger partial charge in [-0.1, -0.05) is 48.7 Å². The van der Waals surface area contributed by atoms with Crippen LogP contribution in [0.3, 0.4) is 0 Å². The average molecular weight is 423 g/mol. The number of nitrogens with zero attached hydrogens (tertiary/aromatic N) is 1. The van der Waals surface area contributed by atoms with Crippen molar-refractivity contribution >= 4 is 23.2 Å². The average Bonchev–Trinajstić information content (AvgIpc) is 3.52. The van der Waals surface area contributed by atoms with Gasteiger partial charge in [-0.2, -0.15) is 0 Å². The van der Waals surface area contributed by atoms with E-state index < -0.39 is 6.04 Å². The van der Waals surface area contributed by atoms with Gasteiger partial charge in [0.2, 0.25) is 5.91 Å². The zero-order valence-corrected chi connectivity index (χ0v) is 17.9. The van der Waals surface area contributed by atoms with E-state index in [1.807, 2.05) is 48.7 Å². The summed E-state index contributed by atoms with van der Waals surface area (Å²) in [5, 5.41) is 5.12. The van der Waals surface area contributed by atoms with E-state index in [1.54, 1.807) is 17.0 Å². The highest BCUT2D eigenvalue weighted by atomic mass is 32.1. The Labute approximate surface area is 180 Å². The Bertz CT molecular complexity index is 959. The van der Waals surface area contributed by atoms with Gasteiger partial charge in [0.25, 0.3) is 5.91 Å². The van der Waals surface area contributed by atoms with Gasteiger partial charge in [0.1, 0.15) is 6.04 Å². The van der Waals surface area contributed by atoms with Crippen LogP contribution in [0, 0.1) is 6.92 Å². The van der Waals surface area contributed by atoms with Crippen LogP contribution < -0.4 is 5.32 Å². The number of hydrogen-bond donors (Lipinski definition) is 1. The minimum atomic E-state index is -0.704. The zero-order valence-electron chi connectivity index (χ0n) is 17.0. The fraction of sp³-hybridized carbons (Fsp3) is 0.333. The molecule has 6 heteroatoms. The van der Waals surface area contributed by atoms with Crippen molar-refractivity contribution in [3.05, 3.63) is 81.9 Å². The molecule has 1 aliphatic carbocycles. The molecule has 1 fully saturated rings. The van der Waals surface area contributed by atoms with Gasteiger partial charge in [0.15, 0.2) is 5.76 Å². The van der Waals surface area contributed by atoms with Crippen molar-refractivity contribution in [2.75, 3.05) is 0 Å². The molecular weight excluding hydrogens is 396 g/mol. The van der Waals surface area contributed by atoms with E-state index in [0.29, 0.717) is 6.54 Å². The largest absolute Gasteiger partial charge is 0.459 e. The van der Waals surface area contributed by atoms with Crippen LogP contribution in [0.1, 0.15) is 58.3 Å². The van der Waals surface area contributed by atoms with Crippen LogP contribution in [0.5, 0.6) is 0 Å². The number of hydrogen-bond acceptors (Lipinski definition) is 4. The fourth-order valence-electron chi connectivity index (χ4n) is 3.93. The summed E-state index contributed by atoms with van der Waals surface area (Å²) in [6, 6.07) is 14.7. The van der Waals surface area contributed by atoms with E-state index in [9.17, 15) is 9.59 Å². The number of aryl methyl sites for hydroxylation is 1. The van der Waals surface area contributed by atoms with Crippen LogP contribution in [0.25, 0.3) is 0 Å². The van der Waals surface area contributed by atoms with Crippen molar-refractivity contribution in [3.63, 3.8) is 0 Å². The maximum atomic E-state index is 13.4. The topological polar surface area (TPSA) is 62.6 Å². The summed E-state index contributed by atoms with van der Waals surface area (Å²) in [5.74, 6) is -0.186. The van der Waals surface area contributed by atoms with Crippen LogP contribution in [0.15, 0.2) is 64.6 Å². The number of furan rings is 1. The van der Waals surface area contributed by atoms with Gasteiger partial charge in [0.05, 0.1) is 6.26 Å². The molecule has 1 atom stereocenters. The monoisotopic (exact) mass is 422 g/mol. The lowest BCUT2D eigenvalue weighted by atomic mass is 10.1. The third-order valence-electron chi connectivity index (χ3n) is 5.54. The van der Waals surface area contributed by atoms with E-state index >= 15 is 0 Å². The van der Waals surface area contributed by atoms with Crippen molar-refractivity contribution in [1.82, 2.24) is 10.2 Å². The molecule has 1 N–H and O–H groups in total. The third kappa shape index (κ3) is 4.65. The third-order valence-corrected chi connectivity index (χ3v) is 6.47.